The van der Waals surface area contributed by atoms with Gasteiger partial charge in [0.05, 0.1) is 11.7 Å². The van der Waals surface area contributed by atoms with Crippen LogP contribution >= 0.6 is 23.2 Å². The van der Waals surface area contributed by atoms with E-state index in [-0.39, 0.29) is 6.04 Å². The quantitative estimate of drug-likeness (QED) is 0.452. The summed E-state index contributed by atoms with van der Waals surface area (Å²) in [4.78, 5) is 9.82. The minimum atomic E-state index is 0.156. The van der Waals surface area contributed by atoms with Gasteiger partial charge in [-0.25, -0.2) is 4.99 Å². The molecule has 2 aromatic rings. The summed E-state index contributed by atoms with van der Waals surface area (Å²) >= 11 is 12.2. The maximum atomic E-state index is 6.16. The van der Waals surface area contributed by atoms with Crippen LogP contribution in [-0.2, 0) is 0 Å². The predicted octanol–water partition coefficient (Wildman–Crippen LogP) is 7.18. The minimum absolute atomic E-state index is 0.156. The number of halogens is 2. The molecule has 3 rings (SSSR count). The van der Waals surface area contributed by atoms with E-state index >= 15 is 0 Å². The molecule has 0 unspecified atom stereocenters. The van der Waals surface area contributed by atoms with Gasteiger partial charge in [-0.2, -0.15) is 0 Å². The summed E-state index contributed by atoms with van der Waals surface area (Å²) in [6, 6.07) is 15.8. The molecule has 1 aliphatic rings. The van der Waals surface area contributed by atoms with Gasteiger partial charge in [0.2, 0.25) is 5.96 Å². The Balaban J connectivity index is 2.13. The third kappa shape index (κ3) is 5.55. The summed E-state index contributed by atoms with van der Waals surface area (Å²) in [5.41, 5.74) is 1.96. The zero-order valence-corrected chi connectivity index (χ0v) is 18.7. The second kappa shape index (κ2) is 10.2. The summed E-state index contributed by atoms with van der Waals surface area (Å²) in [6.07, 6.45) is 5.32. The molecule has 29 heavy (non-hydrogen) atoms. The predicted molar refractivity (Wildman–Crippen MR) is 127 cm³/mol. The molecule has 0 radical (unpaired) electrons. The number of aliphatic imine (C=N–C) groups is 1. The van der Waals surface area contributed by atoms with Crippen molar-refractivity contribution < 1.29 is 0 Å². The van der Waals surface area contributed by atoms with E-state index in [1.54, 1.807) is 0 Å². The molecule has 0 N–H and O–H groups in total. The first-order chi connectivity index (χ1) is 14.0. The molecule has 2 aromatic carbocycles. The van der Waals surface area contributed by atoms with Crippen molar-refractivity contribution >= 4 is 40.5 Å². The van der Waals surface area contributed by atoms with Gasteiger partial charge in [-0.15, -0.1) is 6.58 Å². The molecule has 0 amide bonds. The number of rotatable bonds is 6. The van der Waals surface area contributed by atoms with Crippen LogP contribution in [0.4, 0.5) is 11.4 Å². The van der Waals surface area contributed by atoms with Crippen LogP contribution in [0.1, 0.15) is 33.1 Å². The van der Waals surface area contributed by atoms with Gasteiger partial charge in [-0.1, -0.05) is 49.5 Å². The van der Waals surface area contributed by atoms with Crippen molar-refractivity contribution in [3.63, 3.8) is 0 Å². The summed E-state index contributed by atoms with van der Waals surface area (Å²) in [5, 5.41) is 1.44. The second-order valence-corrected chi connectivity index (χ2v) is 8.55. The number of guanidine groups is 1. The molecule has 1 heterocycles. The van der Waals surface area contributed by atoms with E-state index in [0.29, 0.717) is 10.9 Å². The molecule has 2 atom stereocenters. The van der Waals surface area contributed by atoms with Crippen LogP contribution < -0.4 is 4.90 Å². The molecule has 1 saturated heterocycles. The highest BCUT2D eigenvalue weighted by Crippen LogP contribution is 2.30. The second-order valence-electron chi connectivity index (χ2n) is 7.68. The average Bonchev–Trinajstić information content (AvgIpc) is 2.85. The third-order valence-corrected chi connectivity index (χ3v) is 5.72. The van der Waals surface area contributed by atoms with Crippen molar-refractivity contribution in [2.75, 3.05) is 18.0 Å². The Bertz CT molecular complexity index is 830. The molecule has 0 spiro atoms. The van der Waals surface area contributed by atoms with Crippen LogP contribution in [0.2, 0.25) is 10.0 Å². The normalized spacial score (nSPS) is 21.3. The van der Waals surface area contributed by atoms with Gasteiger partial charge in [-0.3, -0.25) is 0 Å². The monoisotopic (exact) mass is 429 g/mol. The number of hydrogen-bond donors (Lipinski definition) is 0. The van der Waals surface area contributed by atoms with Crippen molar-refractivity contribution in [3.05, 3.63) is 71.2 Å². The first kappa shape index (κ1) is 21.7. The van der Waals surface area contributed by atoms with Crippen molar-refractivity contribution in [3.8, 4) is 0 Å². The van der Waals surface area contributed by atoms with Gasteiger partial charge >= 0.3 is 0 Å². The molecule has 0 aromatic heterocycles. The summed E-state index contributed by atoms with van der Waals surface area (Å²) in [6.45, 7) is 10.6. The maximum Gasteiger partial charge on any atom is 0.206 e. The highest BCUT2D eigenvalue weighted by molar-refractivity contribution is 6.31. The molecule has 0 aliphatic carbocycles. The molecule has 5 heteroatoms. The number of benzene rings is 2. The zero-order valence-electron chi connectivity index (χ0n) is 17.2. The highest BCUT2D eigenvalue weighted by atomic mass is 35.5. The Morgan fingerprint density at radius 1 is 1.07 bits per heavy atom. The Hall–Kier alpha value is -1.97. The number of anilines is 1. The molecule has 0 saturated carbocycles. The summed E-state index contributed by atoms with van der Waals surface area (Å²) < 4.78 is 0. The fourth-order valence-electron chi connectivity index (χ4n) is 3.76. The number of unbranched alkanes of at least 4 members (excludes halogenated alkanes) is 1. The maximum absolute atomic E-state index is 6.16. The van der Waals surface area contributed by atoms with Gasteiger partial charge in [-0.05, 0) is 67.3 Å². The number of hydrogen-bond acceptors (Lipinski definition) is 1. The van der Waals surface area contributed by atoms with E-state index in [2.05, 4.69) is 42.4 Å². The summed E-state index contributed by atoms with van der Waals surface area (Å²) in [7, 11) is 0. The van der Waals surface area contributed by atoms with Crippen LogP contribution in [0.5, 0.6) is 0 Å². The third-order valence-electron chi connectivity index (χ3n) is 5.22. The van der Waals surface area contributed by atoms with E-state index < -0.39 is 0 Å². The van der Waals surface area contributed by atoms with Crippen LogP contribution in [0, 0.1) is 5.92 Å². The lowest BCUT2D eigenvalue weighted by Gasteiger charge is -2.35. The molecule has 0 bridgehead atoms. The molecular weight excluding hydrogens is 401 g/mol. The van der Waals surface area contributed by atoms with Crippen LogP contribution in [-0.4, -0.2) is 30.0 Å². The Labute approximate surface area is 184 Å². The molecule has 154 valence electrons. The van der Waals surface area contributed by atoms with E-state index in [1.165, 1.54) is 0 Å². The largest absolute Gasteiger partial charge is 0.342 e. The molecule has 3 nitrogen and oxygen atoms in total. The average molecular weight is 430 g/mol. The Morgan fingerprint density at radius 2 is 1.69 bits per heavy atom. The van der Waals surface area contributed by atoms with Crippen molar-refractivity contribution in [1.29, 1.82) is 0 Å². The van der Waals surface area contributed by atoms with Gasteiger partial charge in [0.15, 0.2) is 0 Å². The molecule has 1 aliphatic heterocycles. The topological polar surface area (TPSA) is 18.8 Å². The standard InChI is InChI=1S/C24H29Cl2N3/c1-4-6-15-28-17-18(3)16-22(5-2)29(23-13-9-20(26)10-14-23)24(28)27-21-11-7-19(25)8-12-21/h5,7-14,18,22H,2,4,6,15-17H2,1,3H3/t18-,22-/m1/s1. The van der Waals surface area contributed by atoms with Gasteiger partial charge in [0.25, 0.3) is 0 Å². The van der Waals surface area contributed by atoms with E-state index in [4.69, 9.17) is 28.2 Å². The van der Waals surface area contributed by atoms with Gasteiger partial charge in [0, 0.05) is 28.8 Å². The first-order valence-corrected chi connectivity index (χ1v) is 11.0. The zero-order chi connectivity index (χ0) is 20.8. The van der Waals surface area contributed by atoms with Gasteiger partial charge in [0.1, 0.15) is 0 Å². The van der Waals surface area contributed by atoms with E-state index in [0.717, 1.165) is 54.7 Å². The lowest BCUT2D eigenvalue weighted by molar-refractivity contribution is 0.347. The minimum Gasteiger partial charge on any atom is -0.342 e. The first-order valence-electron chi connectivity index (χ1n) is 10.3. The lowest BCUT2D eigenvalue weighted by Crippen LogP contribution is -2.47. The van der Waals surface area contributed by atoms with Crippen molar-refractivity contribution in [2.45, 2.75) is 39.2 Å². The fraction of sp³-hybridized carbons (Fsp3) is 0.375. The number of nitrogens with zero attached hydrogens (tertiary/aromatic N) is 3. The van der Waals surface area contributed by atoms with Gasteiger partial charge < -0.3 is 9.80 Å². The highest BCUT2D eigenvalue weighted by Gasteiger charge is 2.31. The lowest BCUT2D eigenvalue weighted by atomic mass is 10.0. The molecule has 1 fully saturated rings. The smallest absolute Gasteiger partial charge is 0.206 e. The van der Waals surface area contributed by atoms with Crippen LogP contribution in [0.25, 0.3) is 0 Å². The molecular formula is C24H29Cl2N3. The fourth-order valence-corrected chi connectivity index (χ4v) is 4.01. The van der Waals surface area contributed by atoms with Crippen molar-refractivity contribution in [1.82, 2.24) is 4.90 Å². The van der Waals surface area contributed by atoms with Crippen LogP contribution in [0.3, 0.4) is 0 Å². The van der Waals surface area contributed by atoms with Crippen molar-refractivity contribution in [2.24, 2.45) is 10.9 Å². The van der Waals surface area contributed by atoms with E-state index in [1.807, 2.05) is 42.5 Å². The SMILES string of the molecule is C=C[C@@H]1C[C@@H](C)CN(CCCC)C(=Nc2ccc(Cl)cc2)N1c1ccc(Cl)cc1. The van der Waals surface area contributed by atoms with E-state index in [9.17, 15) is 0 Å². The Kier molecular flexibility index (Phi) is 7.63. The van der Waals surface area contributed by atoms with Crippen LogP contribution in [0.15, 0.2) is 66.2 Å². The Morgan fingerprint density at radius 3 is 2.28 bits per heavy atom. The summed E-state index contributed by atoms with van der Waals surface area (Å²) in [5.74, 6) is 1.49.